The van der Waals surface area contributed by atoms with E-state index in [4.69, 9.17) is 0 Å². The van der Waals surface area contributed by atoms with E-state index in [1.165, 1.54) is 82.2 Å². The van der Waals surface area contributed by atoms with Gasteiger partial charge in [0.2, 0.25) is 0 Å². The van der Waals surface area contributed by atoms with Crippen molar-refractivity contribution in [2.24, 2.45) is 9.98 Å². The number of hydrogen-bond acceptors (Lipinski definition) is 14. The zero-order valence-corrected chi connectivity index (χ0v) is 56.0. The molecule has 0 atom stereocenters. The van der Waals surface area contributed by atoms with Crippen molar-refractivity contribution in [2.75, 3.05) is 0 Å². The molecular formula is C78H60Cu2N10O6S2. The average molecular weight is 1420 g/mol. The number of para-hydroxylation sites is 2. The Morgan fingerprint density at radius 3 is 0.857 bits per heavy atom. The maximum absolute atomic E-state index is 12.7. The average Bonchev–Trinajstić information content (AvgIpc) is 0.868. The van der Waals surface area contributed by atoms with E-state index >= 15 is 0 Å². The van der Waals surface area contributed by atoms with Crippen molar-refractivity contribution in [3.8, 4) is 44.9 Å². The molecule has 0 aliphatic heterocycles. The first-order chi connectivity index (χ1) is 46.8. The number of nitrogens with zero attached hydrogens (tertiary/aromatic N) is 10. The summed E-state index contributed by atoms with van der Waals surface area (Å²) < 4.78 is 58.7. The molecule has 0 fully saturated rings. The number of aromatic nitrogens is 6. The van der Waals surface area contributed by atoms with Gasteiger partial charge in [0.05, 0.1) is 9.79 Å². The van der Waals surface area contributed by atoms with Gasteiger partial charge >= 0.3 is 34.1 Å². The largest absolute Gasteiger partial charge is 2.00 e. The summed E-state index contributed by atoms with van der Waals surface area (Å²) in [6.45, 7) is 3.77. The number of sulfonamides is 2. The van der Waals surface area contributed by atoms with Crippen LogP contribution >= 0.6 is 0 Å². The molecule has 0 saturated heterocycles. The van der Waals surface area contributed by atoms with Crippen LogP contribution in [-0.2, 0) is 54.2 Å². The molecule has 6 heterocycles. The first-order valence-electron chi connectivity index (χ1n) is 29.9. The van der Waals surface area contributed by atoms with Crippen LogP contribution in [0.5, 0.6) is 11.5 Å². The molecule has 6 aromatic heterocycles. The van der Waals surface area contributed by atoms with Crippen LogP contribution in [0.3, 0.4) is 0 Å². The molecular weight excluding hydrogens is 1360 g/mol. The van der Waals surface area contributed by atoms with E-state index < -0.39 is 20.0 Å². The molecule has 0 bridgehead atoms. The third-order valence-corrected chi connectivity index (χ3v) is 17.1. The Kier molecular flexibility index (Phi) is 26.6. The second-order valence-corrected chi connectivity index (χ2v) is 24.3. The number of hydrogen-bond donors (Lipinski definition) is 0. The van der Waals surface area contributed by atoms with Gasteiger partial charge in [0.1, 0.15) is 20.0 Å². The Morgan fingerprint density at radius 2 is 0.571 bits per heavy atom. The van der Waals surface area contributed by atoms with Gasteiger partial charge in [-0.1, -0.05) is 156 Å². The summed E-state index contributed by atoms with van der Waals surface area (Å²) in [7, 11) is -7.78. The summed E-state index contributed by atoms with van der Waals surface area (Å²) in [6, 6.07) is 71.8. The van der Waals surface area contributed by atoms with Gasteiger partial charge in [-0.3, -0.25) is 39.9 Å². The van der Waals surface area contributed by atoms with E-state index in [0.29, 0.717) is 22.5 Å². The minimum Gasteiger partial charge on any atom is -0.872 e. The van der Waals surface area contributed by atoms with Crippen LogP contribution in [0.1, 0.15) is 22.3 Å². The molecule has 98 heavy (non-hydrogen) atoms. The van der Waals surface area contributed by atoms with Gasteiger partial charge < -0.3 is 19.7 Å². The van der Waals surface area contributed by atoms with Gasteiger partial charge in [-0.05, 0) is 189 Å². The molecule has 0 saturated carbocycles. The number of aryl methyl sites for hydroxylation is 2. The summed E-state index contributed by atoms with van der Waals surface area (Å²) in [5.41, 5.74) is 11.0. The predicted octanol–water partition coefficient (Wildman–Crippen LogP) is 17.2. The summed E-state index contributed by atoms with van der Waals surface area (Å²) in [5, 5.41) is 28.2. The summed E-state index contributed by atoms with van der Waals surface area (Å²) >= 11 is 0. The van der Waals surface area contributed by atoms with E-state index in [2.05, 4.69) is 49.3 Å². The van der Waals surface area contributed by atoms with Gasteiger partial charge in [-0.25, -0.2) is 16.8 Å². The summed E-state index contributed by atoms with van der Waals surface area (Å²) in [4.78, 5) is 32.8. The minimum atomic E-state index is -3.89. The summed E-state index contributed by atoms with van der Waals surface area (Å²) in [5.74, 6) is -0.307. The number of rotatable bonds is 13. The van der Waals surface area contributed by atoms with Crippen molar-refractivity contribution < 1.29 is 61.2 Å². The van der Waals surface area contributed by atoms with E-state index in [9.17, 15) is 27.0 Å². The first-order valence-corrected chi connectivity index (χ1v) is 32.8. The molecule has 14 rings (SSSR count). The molecule has 8 aromatic carbocycles. The maximum atomic E-state index is 12.7. The van der Waals surface area contributed by atoms with E-state index in [1.807, 2.05) is 135 Å². The van der Waals surface area contributed by atoms with Crippen LogP contribution in [0.2, 0.25) is 0 Å². The Morgan fingerprint density at radius 1 is 0.316 bits per heavy atom. The number of pyridine rings is 6. The molecule has 0 aliphatic rings. The first kappa shape index (κ1) is 72.5. The van der Waals surface area contributed by atoms with Crippen molar-refractivity contribution in [1.29, 1.82) is 0 Å². The van der Waals surface area contributed by atoms with Crippen LogP contribution in [0.4, 0.5) is 22.7 Å². The van der Waals surface area contributed by atoms with Crippen LogP contribution < -0.4 is 10.2 Å². The molecule has 20 heteroatoms. The number of fused-ring (bicyclic) bond motifs is 2. The normalized spacial score (nSPS) is 10.8. The smallest absolute Gasteiger partial charge is 0.872 e. The Hall–Kier alpha value is -11.3. The SMILES string of the molecule is Cc1ccc(S(=O)(=O)[N-]c2ccccc2N=Cc2c([O-])ccc3ccccc23)cc1.Cc1ccc(S(=O)(=O)[N-]c2ccccc2N=Cc2c([O-])ccc3ccccc23)cc1.[Cu+2].[Cu+2].c1cc(-c2ccncc2)ccn1.c1cc(-c2ccncc2)ccn1.c1cc(-c2ccncc2)ccn1. The Labute approximate surface area is 590 Å². The molecule has 0 unspecified atom stereocenters. The standard InChI is InChI=1S/2C24H19N2O3S.3C10H8N2.2Cu/c2*1-17-10-13-19(14-11-17)30(28,29)26-23-9-5-4-8-22(23)25-16-21-20-7-3-2-6-18(20)12-15-24(21)27;3*1-5-11-6-2-9(1)10-3-7-12-8-4-10;;/h2*2-16H,1H3,(H,25,27);3*1-8H;;/q2*-1;;;;2*+2/p-2. The monoisotopic (exact) mass is 1420 g/mol. The van der Waals surface area contributed by atoms with Crippen LogP contribution in [0.15, 0.2) is 337 Å². The molecule has 2 radical (unpaired) electrons. The Balaban J connectivity index is 0.000000166. The van der Waals surface area contributed by atoms with E-state index in [-0.39, 0.29) is 66.8 Å². The topological polar surface area (TPSA) is 245 Å². The van der Waals surface area contributed by atoms with Gasteiger partial charge in [0.25, 0.3) is 0 Å². The fraction of sp³-hybridized carbons (Fsp3) is 0.0256. The number of aliphatic imine (C=N–C) groups is 2. The molecule has 0 spiro atoms. The van der Waals surface area contributed by atoms with Crippen molar-refractivity contribution in [3.05, 3.63) is 349 Å². The number of benzene rings is 8. The quantitative estimate of drug-likeness (QED) is 0.0773. The molecule has 16 nitrogen and oxygen atoms in total. The van der Waals surface area contributed by atoms with E-state index in [1.54, 1.807) is 159 Å². The van der Waals surface area contributed by atoms with Crippen molar-refractivity contribution in [1.82, 2.24) is 29.9 Å². The van der Waals surface area contributed by atoms with Gasteiger partial charge in [0, 0.05) is 98.2 Å². The third kappa shape index (κ3) is 20.3. The summed E-state index contributed by atoms with van der Waals surface area (Å²) in [6.07, 6.45) is 24.4. The van der Waals surface area contributed by atoms with Crippen molar-refractivity contribution >= 4 is 76.8 Å². The fourth-order valence-electron chi connectivity index (χ4n) is 9.44. The Bertz CT molecular complexity index is 4620. The van der Waals surface area contributed by atoms with Gasteiger partial charge in [0.15, 0.2) is 0 Å². The molecule has 492 valence electrons. The maximum Gasteiger partial charge on any atom is 2.00 e. The van der Waals surface area contributed by atoms with Gasteiger partial charge in [-0.15, -0.1) is 11.4 Å². The third-order valence-electron chi connectivity index (χ3n) is 14.4. The van der Waals surface area contributed by atoms with Crippen molar-refractivity contribution in [2.45, 2.75) is 23.6 Å². The van der Waals surface area contributed by atoms with Crippen molar-refractivity contribution in [3.63, 3.8) is 0 Å². The second kappa shape index (κ2) is 36.0. The van der Waals surface area contributed by atoms with Crippen LogP contribution in [-0.4, -0.2) is 59.2 Å². The molecule has 0 N–H and O–H groups in total. The zero-order chi connectivity index (χ0) is 67.0. The van der Waals surface area contributed by atoms with Gasteiger partial charge in [-0.2, -0.15) is 0 Å². The minimum absolute atomic E-state index is 0. The van der Waals surface area contributed by atoms with Crippen LogP contribution in [0, 0.1) is 13.8 Å². The van der Waals surface area contributed by atoms with E-state index in [0.717, 1.165) is 32.7 Å². The predicted molar refractivity (Wildman–Crippen MR) is 379 cm³/mol. The molecule has 0 amide bonds. The van der Waals surface area contributed by atoms with Crippen LogP contribution in [0.25, 0.3) is 64.4 Å². The fourth-order valence-corrected chi connectivity index (χ4v) is 11.4. The molecule has 0 aliphatic carbocycles. The molecule has 14 aromatic rings. The second-order valence-electron chi connectivity index (χ2n) is 21.1. The zero-order valence-electron chi connectivity index (χ0n) is 52.5.